The summed E-state index contributed by atoms with van der Waals surface area (Å²) >= 11 is 0. The molecule has 5 heteroatoms. The van der Waals surface area contributed by atoms with Crippen LogP contribution < -0.4 is 5.32 Å². The van der Waals surface area contributed by atoms with Crippen LogP contribution in [0, 0.1) is 5.92 Å². The van der Waals surface area contributed by atoms with Crippen LogP contribution in [-0.4, -0.2) is 29.1 Å². The van der Waals surface area contributed by atoms with Gasteiger partial charge in [0.05, 0.1) is 12.1 Å². The molecule has 1 saturated heterocycles. The third kappa shape index (κ3) is 5.13. The van der Waals surface area contributed by atoms with Gasteiger partial charge in [0.2, 0.25) is 0 Å². The van der Waals surface area contributed by atoms with E-state index < -0.39 is 30.4 Å². The van der Waals surface area contributed by atoms with Crippen LogP contribution in [0.25, 0.3) is 0 Å². The number of aryl methyl sites for hydroxylation is 1. The standard InChI is InChI=1S/C18H23F2NO2/c1-13(6-5-9-14-7-3-2-4-8-14)16(22)11-10-15-12-18(19,20)17(23)21-15/h2-4,7-8,10-11,13,15-16,22H,5-6,9,12H2,1H3,(H,21,23)/b11-10+/t13?,15-,16?/m0/s1. The van der Waals surface area contributed by atoms with Gasteiger partial charge in [0.25, 0.3) is 5.91 Å². The molecule has 2 N–H and O–H groups in total. The van der Waals surface area contributed by atoms with Crippen molar-refractivity contribution in [3.8, 4) is 0 Å². The zero-order chi connectivity index (χ0) is 16.9. The molecule has 126 valence electrons. The molecule has 3 atom stereocenters. The maximum atomic E-state index is 13.1. The Balaban J connectivity index is 1.73. The van der Waals surface area contributed by atoms with E-state index in [0.29, 0.717) is 0 Å². The highest BCUT2D eigenvalue weighted by Crippen LogP contribution is 2.27. The molecule has 0 saturated carbocycles. The Kier molecular flexibility index (Phi) is 5.88. The first kappa shape index (κ1) is 17.6. The molecule has 3 nitrogen and oxygen atoms in total. The lowest BCUT2D eigenvalue weighted by atomic mass is 9.95. The second kappa shape index (κ2) is 7.68. The third-order valence-electron chi connectivity index (χ3n) is 4.22. The highest BCUT2D eigenvalue weighted by molar-refractivity contribution is 5.86. The molecule has 2 rings (SSSR count). The normalized spacial score (nSPS) is 23.0. The van der Waals surface area contributed by atoms with Gasteiger partial charge in [0.15, 0.2) is 0 Å². The van der Waals surface area contributed by atoms with Crippen molar-refractivity contribution < 1.29 is 18.7 Å². The lowest BCUT2D eigenvalue weighted by Gasteiger charge is -2.16. The van der Waals surface area contributed by atoms with Gasteiger partial charge >= 0.3 is 5.92 Å². The van der Waals surface area contributed by atoms with Crippen molar-refractivity contribution in [2.45, 2.75) is 50.7 Å². The molecule has 1 aliphatic heterocycles. The first-order chi connectivity index (χ1) is 10.9. The van der Waals surface area contributed by atoms with Crippen LogP contribution in [0.5, 0.6) is 0 Å². The Morgan fingerprint density at radius 2 is 2.09 bits per heavy atom. The Morgan fingerprint density at radius 1 is 1.39 bits per heavy atom. The number of nitrogens with one attached hydrogen (secondary N) is 1. The molecule has 1 aromatic carbocycles. The van der Waals surface area contributed by atoms with Crippen LogP contribution in [0.2, 0.25) is 0 Å². The molecule has 0 aliphatic carbocycles. The molecule has 0 bridgehead atoms. The molecule has 0 aromatic heterocycles. The monoisotopic (exact) mass is 323 g/mol. The Bertz CT molecular complexity index is 545. The second-order valence-corrected chi connectivity index (χ2v) is 6.22. The van der Waals surface area contributed by atoms with Crippen LogP contribution in [0.3, 0.4) is 0 Å². The van der Waals surface area contributed by atoms with Gasteiger partial charge in [0, 0.05) is 6.42 Å². The van der Waals surface area contributed by atoms with E-state index in [1.165, 1.54) is 17.7 Å². The lowest BCUT2D eigenvalue weighted by molar-refractivity contribution is -0.139. The minimum absolute atomic E-state index is 0.0348. The van der Waals surface area contributed by atoms with Crippen molar-refractivity contribution >= 4 is 5.91 Å². The quantitative estimate of drug-likeness (QED) is 0.758. The fraction of sp³-hybridized carbons (Fsp3) is 0.500. The number of carbonyl (C=O) groups excluding carboxylic acids is 1. The Labute approximate surface area is 135 Å². The number of halogens is 2. The summed E-state index contributed by atoms with van der Waals surface area (Å²) in [6.07, 6.45) is 4.49. The molecule has 1 aliphatic rings. The molecule has 0 radical (unpaired) electrons. The number of hydrogen-bond acceptors (Lipinski definition) is 2. The summed E-state index contributed by atoms with van der Waals surface area (Å²) in [7, 11) is 0. The Hall–Kier alpha value is -1.75. The number of benzene rings is 1. The van der Waals surface area contributed by atoms with E-state index in [-0.39, 0.29) is 5.92 Å². The average molecular weight is 323 g/mol. The zero-order valence-electron chi connectivity index (χ0n) is 13.2. The molecule has 23 heavy (non-hydrogen) atoms. The van der Waals surface area contributed by atoms with Gasteiger partial charge in [-0.3, -0.25) is 4.79 Å². The van der Waals surface area contributed by atoms with Gasteiger partial charge in [-0.05, 0) is 30.7 Å². The number of aliphatic hydroxyl groups excluding tert-OH is 1. The molecule has 1 amide bonds. The predicted molar refractivity (Wildman–Crippen MR) is 85.2 cm³/mol. The SMILES string of the molecule is CC(CCCc1ccccc1)C(O)/C=C/[C@H]1CC(F)(F)C(=O)N1. The molecule has 1 aromatic rings. The number of aliphatic hydroxyl groups is 1. The van der Waals surface area contributed by atoms with E-state index in [9.17, 15) is 18.7 Å². The maximum Gasteiger partial charge on any atom is 0.326 e. The minimum Gasteiger partial charge on any atom is -0.389 e. The van der Waals surface area contributed by atoms with E-state index >= 15 is 0 Å². The van der Waals surface area contributed by atoms with Gasteiger partial charge < -0.3 is 10.4 Å². The van der Waals surface area contributed by atoms with Crippen LogP contribution in [0.15, 0.2) is 42.5 Å². The van der Waals surface area contributed by atoms with Gasteiger partial charge in [0.1, 0.15) is 0 Å². The highest BCUT2D eigenvalue weighted by Gasteiger charge is 2.47. The fourth-order valence-electron chi connectivity index (χ4n) is 2.69. The van der Waals surface area contributed by atoms with Gasteiger partial charge in [-0.15, -0.1) is 0 Å². The van der Waals surface area contributed by atoms with Crippen molar-refractivity contribution in [3.05, 3.63) is 48.0 Å². The average Bonchev–Trinajstić information content (AvgIpc) is 2.78. The third-order valence-corrected chi connectivity index (χ3v) is 4.22. The smallest absolute Gasteiger partial charge is 0.326 e. The van der Waals surface area contributed by atoms with Crippen molar-refractivity contribution in [1.29, 1.82) is 0 Å². The van der Waals surface area contributed by atoms with Gasteiger partial charge in [-0.25, -0.2) is 0 Å². The summed E-state index contributed by atoms with van der Waals surface area (Å²) in [6, 6.07) is 9.42. The van der Waals surface area contributed by atoms with Crippen LogP contribution in [-0.2, 0) is 11.2 Å². The summed E-state index contributed by atoms with van der Waals surface area (Å²) in [5.74, 6) is -4.51. The molecular formula is C18H23F2NO2. The van der Waals surface area contributed by atoms with E-state index in [1.807, 2.05) is 25.1 Å². The maximum absolute atomic E-state index is 13.1. The number of hydrogen-bond donors (Lipinski definition) is 2. The van der Waals surface area contributed by atoms with E-state index in [0.717, 1.165) is 19.3 Å². The molecule has 1 fully saturated rings. The Morgan fingerprint density at radius 3 is 2.70 bits per heavy atom. The number of rotatable bonds is 7. The van der Waals surface area contributed by atoms with Crippen LogP contribution in [0.4, 0.5) is 8.78 Å². The number of carbonyl (C=O) groups is 1. The second-order valence-electron chi connectivity index (χ2n) is 6.22. The van der Waals surface area contributed by atoms with Gasteiger partial charge in [-0.2, -0.15) is 8.78 Å². The first-order valence-electron chi connectivity index (χ1n) is 7.97. The first-order valence-corrected chi connectivity index (χ1v) is 7.97. The van der Waals surface area contributed by atoms with Crippen LogP contribution >= 0.6 is 0 Å². The summed E-state index contributed by atoms with van der Waals surface area (Å²) in [6.45, 7) is 1.93. The fourth-order valence-corrected chi connectivity index (χ4v) is 2.69. The van der Waals surface area contributed by atoms with E-state index in [1.54, 1.807) is 0 Å². The van der Waals surface area contributed by atoms with Crippen LogP contribution in [0.1, 0.15) is 31.7 Å². The summed E-state index contributed by atoms with van der Waals surface area (Å²) < 4.78 is 26.2. The molecule has 2 unspecified atom stereocenters. The summed E-state index contributed by atoms with van der Waals surface area (Å²) in [5.41, 5.74) is 1.26. The van der Waals surface area contributed by atoms with Gasteiger partial charge in [-0.1, -0.05) is 49.4 Å². The molecular weight excluding hydrogens is 300 g/mol. The summed E-state index contributed by atoms with van der Waals surface area (Å²) in [5, 5.41) is 12.3. The van der Waals surface area contributed by atoms with Crippen molar-refractivity contribution in [3.63, 3.8) is 0 Å². The van der Waals surface area contributed by atoms with E-state index in [4.69, 9.17) is 0 Å². The van der Waals surface area contributed by atoms with Crippen molar-refractivity contribution in [2.24, 2.45) is 5.92 Å². The number of amides is 1. The van der Waals surface area contributed by atoms with E-state index in [2.05, 4.69) is 17.4 Å². The minimum atomic E-state index is -3.30. The largest absolute Gasteiger partial charge is 0.389 e. The molecule has 0 spiro atoms. The topological polar surface area (TPSA) is 49.3 Å². The van der Waals surface area contributed by atoms with Crippen molar-refractivity contribution in [1.82, 2.24) is 5.32 Å². The number of alkyl halides is 2. The lowest BCUT2D eigenvalue weighted by Crippen LogP contribution is -2.30. The van der Waals surface area contributed by atoms with Crippen molar-refractivity contribution in [2.75, 3.05) is 0 Å². The summed E-state index contributed by atoms with van der Waals surface area (Å²) in [4.78, 5) is 11.0. The highest BCUT2D eigenvalue weighted by atomic mass is 19.3. The zero-order valence-corrected chi connectivity index (χ0v) is 13.2. The predicted octanol–water partition coefficient (Wildman–Crippen LogP) is 3.09. The molecule has 1 heterocycles.